The molecular formula is C18H19ClN2O3. The molecule has 0 bridgehead atoms. The van der Waals surface area contributed by atoms with Crippen molar-refractivity contribution in [3.05, 3.63) is 59.1 Å². The lowest BCUT2D eigenvalue weighted by molar-refractivity contribution is -0.116. The summed E-state index contributed by atoms with van der Waals surface area (Å²) >= 11 is 5.80. The van der Waals surface area contributed by atoms with Crippen LogP contribution in [0.1, 0.15) is 23.2 Å². The van der Waals surface area contributed by atoms with E-state index in [1.54, 1.807) is 55.6 Å². The minimum atomic E-state index is -0.160. The number of carbonyl (C=O) groups excluding carboxylic acids is 2. The van der Waals surface area contributed by atoms with Gasteiger partial charge in [0, 0.05) is 29.7 Å². The van der Waals surface area contributed by atoms with Crippen molar-refractivity contribution in [2.24, 2.45) is 0 Å². The minimum absolute atomic E-state index is 0.0950. The summed E-state index contributed by atoms with van der Waals surface area (Å²) in [7, 11) is 1.57. The van der Waals surface area contributed by atoms with Crippen LogP contribution < -0.4 is 15.4 Å². The molecule has 0 unspecified atom stereocenters. The fourth-order valence-electron chi connectivity index (χ4n) is 2.03. The van der Waals surface area contributed by atoms with E-state index >= 15 is 0 Å². The van der Waals surface area contributed by atoms with E-state index in [2.05, 4.69) is 10.6 Å². The van der Waals surface area contributed by atoms with Crippen LogP contribution in [0.2, 0.25) is 5.02 Å². The number of hydrogen-bond donors (Lipinski definition) is 2. The van der Waals surface area contributed by atoms with Crippen molar-refractivity contribution >= 4 is 29.1 Å². The summed E-state index contributed by atoms with van der Waals surface area (Å²) < 4.78 is 5.53. The molecule has 0 heterocycles. The smallest absolute Gasteiger partial charge is 0.251 e. The summed E-state index contributed by atoms with van der Waals surface area (Å²) in [4.78, 5) is 23.3. The van der Waals surface area contributed by atoms with Crippen molar-refractivity contribution in [1.29, 1.82) is 0 Å². The first-order chi connectivity index (χ1) is 11.6. The first-order valence-electron chi connectivity index (χ1n) is 7.59. The molecule has 0 fully saturated rings. The number of carbonyl (C=O) groups is 2. The third-order valence-corrected chi connectivity index (χ3v) is 3.54. The Morgan fingerprint density at radius 1 is 1.04 bits per heavy atom. The lowest BCUT2D eigenvalue weighted by Gasteiger charge is -2.08. The van der Waals surface area contributed by atoms with Crippen molar-refractivity contribution in [2.45, 2.75) is 12.8 Å². The summed E-state index contributed by atoms with van der Waals surface area (Å²) in [5, 5.41) is 5.99. The quantitative estimate of drug-likeness (QED) is 0.754. The van der Waals surface area contributed by atoms with Gasteiger partial charge in [-0.2, -0.15) is 0 Å². The zero-order valence-corrected chi connectivity index (χ0v) is 14.1. The maximum atomic E-state index is 11.9. The normalized spacial score (nSPS) is 10.1. The second-order valence-electron chi connectivity index (χ2n) is 5.11. The lowest BCUT2D eigenvalue weighted by Crippen LogP contribution is -2.18. The van der Waals surface area contributed by atoms with Gasteiger partial charge in [-0.3, -0.25) is 9.59 Å². The van der Waals surface area contributed by atoms with Crippen LogP contribution in [0.4, 0.5) is 5.69 Å². The molecule has 24 heavy (non-hydrogen) atoms. The van der Waals surface area contributed by atoms with E-state index in [1.807, 2.05) is 0 Å². The Kier molecular flexibility index (Phi) is 6.63. The first kappa shape index (κ1) is 17.8. The molecule has 0 aliphatic heterocycles. The average Bonchev–Trinajstić information content (AvgIpc) is 2.60. The number of hydrogen-bond acceptors (Lipinski definition) is 3. The van der Waals surface area contributed by atoms with Gasteiger partial charge in [0.2, 0.25) is 5.91 Å². The number of rotatable bonds is 7. The van der Waals surface area contributed by atoms with E-state index in [4.69, 9.17) is 16.3 Å². The maximum Gasteiger partial charge on any atom is 0.251 e. The van der Waals surface area contributed by atoms with Gasteiger partial charge in [0.05, 0.1) is 6.61 Å². The van der Waals surface area contributed by atoms with Crippen LogP contribution in [0.5, 0.6) is 5.75 Å². The van der Waals surface area contributed by atoms with Crippen molar-refractivity contribution < 1.29 is 14.3 Å². The van der Waals surface area contributed by atoms with Gasteiger partial charge in [-0.25, -0.2) is 0 Å². The highest BCUT2D eigenvalue weighted by molar-refractivity contribution is 6.30. The molecule has 0 atom stereocenters. The molecule has 0 aliphatic carbocycles. The average molecular weight is 347 g/mol. The molecule has 2 amide bonds. The highest BCUT2D eigenvalue weighted by atomic mass is 35.5. The maximum absolute atomic E-state index is 11.9. The molecule has 0 radical (unpaired) electrons. The zero-order valence-electron chi connectivity index (χ0n) is 13.3. The van der Waals surface area contributed by atoms with Crippen molar-refractivity contribution in [3.8, 4) is 5.75 Å². The Bertz CT molecular complexity index is 684. The standard InChI is InChI=1S/C18H19ClN2O3/c1-20-18(23)13-4-8-15(9-5-13)21-17(22)3-2-12-24-16-10-6-14(19)7-11-16/h4-11H,2-3,12H2,1H3,(H,20,23)(H,21,22). The van der Waals surface area contributed by atoms with Crippen LogP contribution in [-0.4, -0.2) is 25.5 Å². The number of ether oxygens (including phenoxy) is 1. The highest BCUT2D eigenvalue weighted by Gasteiger charge is 2.05. The summed E-state index contributed by atoms with van der Waals surface area (Å²) in [6.07, 6.45) is 0.954. The number of nitrogens with one attached hydrogen (secondary N) is 2. The number of benzene rings is 2. The Labute approximate surface area is 146 Å². The Morgan fingerprint density at radius 3 is 2.33 bits per heavy atom. The second-order valence-corrected chi connectivity index (χ2v) is 5.55. The fourth-order valence-corrected chi connectivity index (χ4v) is 2.15. The molecule has 0 saturated carbocycles. The lowest BCUT2D eigenvalue weighted by atomic mass is 10.2. The van der Waals surface area contributed by atoms with Crippen molar-refractivity contribution in [3.63, 3.8) is 0 Å². The molecule has 126 valence electrons. The van der Waals surface area contributed by atoms with E-state index in [0.29, 0.717) is 35.7 Å². The van der Waals surface area contributed by atoms with E-state index in [0.717, 1.165) is 5.75 Å². The van der Waals surface area contributed by atoms with Crippen LogP contribution in [0.25, 0.3) is 0 Å². The Morgan fingerprint density at radius 2 is 1.71 bits per heavy atom. The van der Waals surface area contributed by atoms with E-state index in [9.17, 15) is 9.59 Å². The van der Waals surface area contributed by atoms with Crippen LogP contribution in [0.15, 0.2) is 48.5 Å². The Hall–Kier alpha value is -2.53. The molecule has 0 aromatic heterocycles. The molecule has 6 heteroatoms. The number of halogens is 1. The predicted molar refractivity (Wildman–Crippen MR) is 94.6 cm³/mol. The largest absolute Gasteiger partial charge is 0.494 e. The summed E-state index contributed by atoms with van der Waals surface area (Å²) in [6.45, 7) is 0.449. The van der Waals surface area contributed by atoms with Gasteiger partial charge in [0.15, 0.2) is 0 Å². The molecule has 2 aromatic carbocycles. The molecule has 0 aliphatic rings. The van der Waals surface area contributed by atoms with Gasteiger partial charge in [-0.05, 0) is 55.0 Å². The molecule has 0 spiro atoms. The number of anilines is 1. The predicted octanol–water partition coefficient (Wildman–Crippen LogP) is 3.50. The molecule has 2 N–H and O–H groups in total. The van der Waals surface area contributed by atoms with Gasteiger partial charge < -0.3 is 15.4 Å². The second kappa shape index (κ2) is 8.93. The molecule has 5 nitrogen and oxygen atoms in total. The third-order valence-electron chi connectivity index (χ3n) is 3.29. The molecule has 0 saturated heterocycles. The van der Waals surface area contributed by atoms with Gasteiger partial charge in [0.25, 0.3) is 5.91 Å². The van der Waals surface area contributed by atoms with E-state index in [-0.39, 0.29) is 11.8 Å². The molecular weight excluding hydrogens is 328 g/mol. The van der Waals surface area contributed by atoms with Crippen LogP contribution in [0.3, 0.4) is 0 Å². The van der Waals surface area contributed by atoms with Gasteiger partial charge in [-0.15, -0.1) is 0 Å². The summed E-state index contributed by atoms with van der Waals surface area (Å²) in [5.41, 5.74) is 1.21. The SMILES string of the molecule is CNC(=O)c1ccc(NC(=O)CCCOc2ccc(Cl)cc2)cc1. The third kappa shape index (κ3) is 5.59. The van der Waals surface area contributed by atoms with E-state index < -0.39 is 0 Å². The monoisotopic (exact) mass is 346 g/mol. The van der Waals surface area contributed by atoms with Crippen molar-refractivity contribution in [1.82, 2.24) is 5.32 Å². The zero-order chi connectivity index (χ0) is 17.4. The number of amides is 2. The fraction of sp³-hybridized carbons (Fsp3) is 0.222. The first-order valence-corrected chi connectivity index (χ1v) is 7.96. The highest BCUT2D eigenvalue weighted by Crippen LogP contribution is 2.16. The van der Waals surface area contributed by atoms with Crippen LogP contribution >= 0.6 is 11.6 Å². The minimum Gasteiger partial charge on any atom is -0.494 e. The van der Waals surface area contributed by atoms with Gasteiger partial charge in [-0.1, -0.05) is 11.6 Å². The van der Waals surface area contributed by atoms with Gasteiger partial charge in [0.1, 0.15) is 5.75 Å². The van der Waals surface area contributed by atoms with E-state index in [1.165, 1.54) is 0 Å². The topological polar surface area (TPSA) is 67.4 Å². The molecule has 2 rings (SSSR count). The van der Waals surface area contributed by atoms with Crippen LogP contribution in [0, 0.1) is 0 Å². The summed E-state index contributed by atoms with van der Waals surface area (Å²) in [6, 6.07) is 13.8. The van der Waals surface area contributed by atoms with Crippen molar-refractivity contribution in [2.75, 3.05) is 19.0 Å². The summed E-state index contributed by atoms with van der Waals surface area (Å²) in [5.74, 6) is 0.472. The van der Waals surface area contributed by atoms with Gasteiger partial charge >= 0.3 is 0 Å². The van der Waals surface area contributed by atoms with Crippen LogP contribution in [-0.2, 0) is 4.79 Å². The Balaban J connectivity index is 1.71. The molecule has 2 aromatic rings.